The van der Waals surface area contributed by atoms with Gasteiger partial charge in [0.25, 0.3) is 5.91 Å². The number of carbonyl (C=O) groups is 1. The number of hydrogen-bond acceptors (Lipinski definition) is 3. The molecule has 31 heavy (non-hydrogen) atoms. The Labute approximate surface area is 202 Å². The Morgan fingerprint density at radius 2 is 2.00 bits per heavy atom. The summed E-state index contributed by atoms with van der Waals surface area (Å²) in [5.74, 6) is 0.697. The molecule has 1 aliphatic rings. The Bertz CT molecular complexity index is 895. The zero-order valence-electron chi connectivity index (χ0n) is 18.5. The number of aliphatic imine (C=N–C) groups is 1. The highest BCUT2D eigenvalue weighted by Crippen LogP contribution is 2.17. The standard InChI is InChI=1S/C24H32N4O2.HI/c1-4-25-24(27-16-20-11-10-17(2)13-18(20)3)26-15-19-7-5-8-21(14-19)28-23(29)22-9-6-12-30-22;/h5,7-8,10-11,13-14,22H,4,6,9,12,15-16H2,1-3H3,(H,28,29)(H2,25,26,27);1H. The van der Waals surface area contributed by atoms with Gasteiger partial charge in [0, 0.05) is 25.4 Å². The summed E-state index contributed by atoms with van der Waals surface area (Å²) in [6.07, 6.45) is 1.39. The van der Waals surface area contributed by atoms with E-state index in [4.69, 9.17) is 9.73 Å². The fraction of sp³-hybridized carbons (Fsp3) is 0.417. The Balaban J connectivity index is 0.00000341. The van der Waals surface area contributed by atoms with Crippen molar-refractivity contribution in [3.8, 4) is 0 Å². The Morgan fingerprint density at radius 1 is 1.16 bits per heavy atom. The van der Waals surface area contributed by atoms with Crippen LogP contribution in [-0.4, -0.2) is 31.1 Å². The van der Waals surface area contributed by atoms with E-state index in [1.807, 2.05) is 24.3 Å². The van der Waals surface area contributed by atoms with E-state index in [1.54, 1.807) is 0 Å². The maximum absolute atomic E-state index is 12.3. The van der Waals surface area contributed by atoms with E-state index in [9.17, 15) is 4.79 Å². The van der Waals surface area contributed by atoms with Crippen LogP contribution in [0.3, 0.4) is 0 Å². The summed E-state index contributed by atoms with van der Waals surface area (Å²) >= 11 is 0. The second kappa shape index (κ2) is 12.7. The maximum Gasteiger partial charge on any atom is 0.253 e. The first-order valence-corrected chi connectivity index (χ1v) is 10.6. The van der Waals surface area contributed by atoms with E-state index in [0.29, 0.717) is 13.2 Å². The molecule has 1 amide bonds. The maximum atomic E-state index is 12.3. The van der Waals surface area contributed by atoms with Crippen LogP contribution in [0.25, 0.3) is 0 Å². The summed E-state index contributed by atoms with van der Waals surface area (Å²) in [5, 5.41) is 9.65. The molecule has 2 aromatic rings. The molecule has 0 radical (unpaired) electrons. The molecule has 1 atom stereocenters. The van der Waals surface area contributed by atoms with E-state index in [1.165, 1.54) is 16.7 Å². The molecule has 1 heterocycles. The van der Waals surface area contributed by atoms with Crippen molar-refractivity contribution in [1.29, 1.82) is 0 Å². The van der Waals surface area contributed by atoms with Gasteiger partial charge in [-0.05, 0) is 62.4 Å². The van der Waals surface area contributed by atoms with Crippen LogP contribution in [-0.2, 0) is 22.6 Å². The van der Waals surface area contributed by atoms with Gasteiger partial charge in [0.1, 0.15) is 6.10 Å². The number of halogens is 1. The number of amides is 1. The van der Waals surface area contributed by atoms with Crippen LogP contribution >= 0.6 is 24.0 Å². The van der Waals surface area contributed by atoms with Gasteiger partial charge in [0.2, 0.25) is 0 Å². The number of hydrogen-bond donors (Lipinski definition) is 3. The summed E-state index contributed by atoms with van der Waals surface area (Å²) < 4.78 is 5.45. The molecule has 1 aliphatic heterocycles. The highest BCUT2D eigenvalue weighted by Gasteiger charge is 2.23. The minimum Gasteiger partial charge on any atom is -0.368 e. The van der Waals surface area contributed by atoms with Gasteiger partial charge in [0.05, 0.1) is 6.54 Å². The third kappa shape index (κ3) is 7.81. The van der Waals surface area contributed by atoms with Gasteiger partial charge in [-0.15, -0.1) is 24.0 Å². The predicted molar refractivity (Wildman–Crippen MR) is 137 cm³/mol. The fourth-order valence-electron chi connectivity index (χ4n) is 3.49. The highest BCUT2D eigenvalue weighted by molar-refractivity contribution is 14.0. The molecule has 6 nitrogen and oxygen atoms in total. The number of rotatable bonds is 7. The van der Waals surface area contributed by atoms with Crippen LogP contribution in [0, 0.1) is 13.8 Å². The largest absolute Gasteiger partial charge is 0.368 e. The molecule has 1 unspecified atom stereocenters. The zero-order valence-corrected chi connectivity index (χ0v) is 20.9. The van der Waals surface area contributed by atoms with E-state index in [0.717, 1.165) is 43.1 Å². The van der Waals surface area contributed by atoms with Gasteiger partial charge >= 0.3 is 0 Å². The zero-order chi connectivity index (χ0) is 21.3. The lowest BCUT2D eigenvalue weighted by Crippen LogP contribution is -2.36. The first kappa shape index (κ1) is 25.1. The van der Waals surface area contributed by atoms with Crippen molar-refractivity contribution >= 4 is 41.5 Å². The van der Waals surface area contributed by atoms with Crippen molar-refractivity contribution in [2.75, 3.05) is 18.5 Å². The molecule has 7 heteroatoms. The number of nitrogens with zero attached hydrogens (tertiary/aromatic N) is 1. The Kier molecular flexibility index (Phi) is 10.3. The first-order chi connectivity index (χ1) is 14.5. The third-order valence-electron chi connectivity index (χ3n) is 5.12. The van der Waals surface area contributed by atoms with Crippen LogP contribution in [0.2, 0.25) is 0 Å². The number of aryl methyl sites for hydroxylation is 2. The summed E-state index contributed by atoms with van der Waals surface area (Å²) in [4.78, 5) is 17.0. The summed E-state index contributed by atoms with van der Waals surface area (Å²) in [5.41, 5.74) is 5.60. The van der Waals surface area contributed by atoms with Crippen molar-refractivity contribution in [1.82, 2.24) is 10.6 Å². The van der Waals surface area contributed by atoms with Crippen molar-refractivity contribution in [2.24, 2.45) is 4.99 Å². The minimum atomic E-state index is -0.332. The van der Waals surface area contributed by atoms with Crippen LogP contribution in [0.4, 0.5) is 5.69 Å². The molecular formula is C24H33IN4O2. The molecule has 0 bridgehead atoms. The Morgan fingerprint density at radius 3 is 2.71 bits per heavy atom. The third-order valence-corrected chi connectivity index (χ3v) is 5.12. The lowest BCUT2D eigenvalue weighted by Gasteiger charge is -2.14. The van der Waals surface area contributed by atoms with Gasteiger partial charge in [-0.3, -0.25) is 4.79 Å². The molecular weight excluding hydrogens is 503 g/mol. The lowest BCUT2D eigenvalue weighted by atomic mass is 10.1. The second-order valence-electron chi connectivity index (χ2n) is 7.67. The predicted octanol–water partition coefficient (Wildman–Crippen LogP) is 4.29. The molecule has 1 saturated heterocycles. The summed E-state index contributed by atoms with van der Waals surface area (Å²) in [6.45, 7) is 8.97. The van der Waals surface area contributed by atoms with Gasteiger partial charge in [-0.1, -0.05) is 35.9 Å². The average molecular weight is 536 g/mol. The lowest BCUT2D eigenvalue weighted by molar-refractivity contribution is -0.124. The molecule has 0 spiro atoms. The topological polar surface area (TPSA) is 74.8 Å². The van der Waals surface area contributed by atoms with Crippen LogP contribution in [0.15, 0.2) is 47.5 Å². The SMILES string of the molecule is CCNC(=NCc1cccc(NC(=O)C2CCCO2)c1)NCc1ccc(C)cc1C.I. The highest BCUT2D eigenvalue weighted by atomic mass is 127. The number of ether oxygens (including phenoxy) is 1. The van der Waals surface area contributed by atoms with Crippen molar-refractivity contribution in [2.45, 2.75) is 52.8 Å². The molecule has 3 N–H and O–H groups in total. The van der Waals surface area contributed by atoms with Gasteiger partial charge in [0.15, 0.2) is 5.96 Å². The van der Waals surface area contributed by atoms with E-state index in [2.05, 4.69) is 54.9 Å². The van der Waals surface area contributed by atoms with Gasteiger partial charge in [-0.25, -0.2) is 4.99 Å². The number of nitrogens with one attached hydrogen (secondary N) is 3. The first-order valence-electron chi connectivity index (χ1n) is 10.6. The quantitative estimate of drug-likeness (QED) is 0.281. The minimum absolute atomic E-state index is 0. The monoisotopic (exact) mass is 536 g/mol. The number of guanidine groups is 1. The molecule has 0 aliphatic carbocycles. The van der Waals surface area contributed by atoms with Gasteiger partial charge in [-0.2, -0.15) is 0 Å². The summed E-state index contributed by atoms with van der Waals surface area (Å²) in [7, 11) is 0. The fourth-order valence-corrected chi connectivity index (χ4v) is 3.49. The molecule has 0 aromatic heterocycles. The normalized spacial score (nSPS) is 15.8. The molecule has 0 saturated carbocycles. The molecule has 2 aromatic carbocycles. The van der Waals surface area contributed by atoms with E-state index in [-0.39, 0.29) is 36.0 Å². The van der Waals surface area contributed by atoms with E-state index < -0.39 is 0 Å². The number of anilines is 1. The number of benzene rings is 2. The number of carbonyl (C=O) groups excluding carboxylic acids is 1. The van der Waals surface area contributed by atoms with Crippen LogP contribution < -0.4 is 16.0 Å². The second-order valence-corrected chi connectivity index (χ2v) is 7.67. The average Bonchev–Trinajstić information content (AvgIpc) is 3.26. The van der Waals surface area contributed by atoms with Crippen LogP contribution in [0.5, 0.6) is 0 Å². The van der Waals surface area contributed by atoms with Crippen molar-refractivity contribution in [3.63, 3.8) is 0 Å². The van der Waals surface area contributed by atoms with Crippen molar-refractivity contribution in [3.05, 3.63) is 64.7 Å². The smallest absolute Gasteiger partial charge is 0.253 e. The van der Waals surface area contributed by atoms with E-state index >= 15 is 0 Å². The van der Waals surface area contributed by atoms with Crippen LogP contribution in [0.1, 0.15) is 42.0 Å². The molecule has 3 rings (SSSR count). The summed E-state index contributed by atoms with van der Waals surface area (Å²) in [6, 6.07) is 14.3. The molecule has 168 valence electrons. The van der Waals surface area contributed by atoms with Crippen molar-refractivity contribution < 1.29 is 9.53 Å². The molecule has 1 fully saturated rings. The Hall–Kier alpha value is -2.13. The van der Waals surface area contributed by atoms with Gasteiger partial charge < -0.3 is 20.7 Å².